The predicted molar refractivity (Wildman–Crippen MR) is 90.7 cm³/mol. The van der Waals surface area contributed by atoms with Crippen molar-refractivity contribution in [2.45, 2.75) is 66.0 Å². The van der Waals surface area contributed by atoms with Crippen molar-refractivity contribution in [3.05, 3.63) is 36.2 Å². The molecular formula is C18H31NO. The first kappa shape index (κ1) is 18.7. The van der Waals surface area contributed by atoms with E-state index in [0.717, 1.165) is 32.2 Å². The van der Waals surface area contributed by atoms with E-state index in [4.69, 9.17) is 0 Å². The molecule has 0 fully saturated rings. The van der Waals surface area contributed by atoms with Gasteiger partial charge in [-0.2, -0.15) is 0 Å². The van der Waals surface area contributed by atoms with Crippen molar-refractivity contribution in [1.82, 2.24) is 4.57 Å². The minimum atomic E-state index is -0.144. The van der Waals surface area contributed by atoms with Gasteiger partial charge in [-0.1, -0.05) is 45.9 Å². The SMILES string of the molecule is C=Cc1ccn(CCCC(O)CCC)c1/C=C\C.CC. The van der Waals surface area contributed by atoms with Crippen molar-refractivity contribution in [2.75, 3.05) is 0 Å². The molecule has 0 spiro atoms. The molecule has 0 aromatic carbocycles. The van der Waals surface area contributed by atoms with Crippen LogP contribution in [0, 0.1) is 0 Å². The third-order valence-electron chi connectivity index (χ3n) is 3.14. The summed E-state index contributed by atoms with van der Waals surface area (Å²) in [5.41, 5.74) is 2.37. The smallest absolute Gasteiger partial charge is 0.0540 e. The molecule has 0 saturated heterocycles. The molecule has 2 heteroatoms. The Labute approximate surface area is 124 Å². The zero-order valence-corrected chi connectivity index (χ0v) is 13.6. The molecule has 1 N–H and O–H groups in total. The first-order chi connectivity index (χ1) is 9.72. The van der Waals surface area contributed by atoms with Gasteiger partial charge >= 0.3 is 0 Å². The zero-order chi connectivity index (χ0) is 15.4. The van der Waals surface area contributed by atoms with E-state index in [1.54, 1.807) is 0 Å². The third kappa shape index (κ3) is 6.25. The Bertz CT molecular complexity index is 390. The fourth-order valence-electron chi connectivity index (χ4n) is 2.19. The quantitative estimate of drug-likeness (QED) is 0.700. The number of allylic oxidation sites excluding steroid dienone is 1. The summed E-state index contributed by atoms with van der Waals surface area (Å²) in [4.78, 5) is 0. The van der Waals surface area contributed by atoms with Gasteiger partial charge in [-0.05, 0) is 43.9 Å². The lowest BCUT2D eigenvalue weighted by Gasteiger charge is -2.11. The molecule has 20 heavy (non-hydrogen) atoms. The summed E-state index contributed by atoms with van der Waals surface area (Å²) >= 11 is 0. The van der Waals surface area contributed by atoms with Crippen molar-refractivity contribution in [3.8, 4) is 0 Å². The van der Waals surface area contributed by atoms with Gasteiger partial charge in [0.1, 0.15) is 0 Å². The highest BCUT2D eigenvalue weighted by molar-refractivity contribution is 5.62. The first-order valence-corrected chi connectivity index (χ1v) is 7.85. The van der Waals surface area contributed by atoms with Gasteiger partial charge in [0.2, 0.25) is 0 Å². The van der Waals surface area contributed by atoms with E-state index in [1.165, 1.54) is 11.3 Å². The summed E-state index contributed by atoms with van der Waals surface area (Å²) in [6.45, 7) is 12.9. The van der Waals surface area contributed by atoms with E-state index < -0.39 is 0 Å². The maximum Gasteiger partial charge on any atom is 0.0540 e. The normalized spacial score (nSPS) is 12.1. The van der Waals surface area contributed by atoms with Crippen LogP contribution < -0.4 is 0 Å². The molecule has 1 rings (SSSR count). The Morgan fingerprint density at radius 3 is 2.60 bits per heavy atom. The van der Waals surface area contributed by atoms with Crippen molar-refractivity contribution in [2.24, 2.45) is 0 Å². The predicted octanol–water partition coefficient (Wildman–Crippen LogP) is 5.13. The number of hydrogen-bond donors (Lipinski definition) is 1. The molecule has 2 nitrogen and oxygen atoms in total. The van der Waals surface area contributed by atoms with Crippen LogP contribution in [-0.4, -0.2) is 15.8 Å². The standard InChI is InChI=1S/C16H25NO.C2H6/c1-4-8-15(18)10-7-12-17-13-11-14(6-3)16(17)9-5-2;1-2/h5-6,9,11,13,15,18H,3-4,7-8,10,12H2,1-2H3;1-2H3/b9-5-;. The van der Waals surface area contributed by atoms with E-state index in [2.05, 4.69) is 36.4 Å². The van der Waals surface area contributed by atoms with Gasteiger partial charge in [-0.25, -0.2) is 0 Å². The molecule has 0 radical (unpaired) electrons. The van der Waals surface area contributed by atoms with Crippen molar-refractivity contribution >= 4 is 12.2 Å². The fourth-order valence-corrected chi connectivity index (χ4v) is 2.19. The van der Waals surface area contributed by atoms with Gasteiger partial charge in [0, 0.05) is 18.4 Å². The summed E-state index contributed by atoms with van der Waals surface area (Å²) < 4.78 is 2.23. The second kappa shape index (κ2) is 11.5. The lowest BCUT2D eigenvalue weighted by atomic mass is 10.1. The molecular weight excluding hydrogens is 246 g/mol. The highest BCUT2D eigenvalue weighted by Crippen LogP contribution is 2.16. The average Bonchev–Trinajstić information content (AvgIpc) is 2.84. The number of aliphatic hydroxyl groups excluding tert-OH is 1. The van der Waals surface area contributed by atoms with Crippen LogP contribution in [0.4, 0.5) is 0 Å². The van der Waals surface area contributed by atoms with Crippen LogP contribution in [0.25, 0.3) is 12.2 Å². The molecule has 0 bridgehead atoms. The first-order valence-electron chi connectivity index (χ1n) is 7.85. The Morgan fingerprint density at radius 1 is 1.35 bits per heavy atom. The van der Waals surface area contributed by atoms with E-state index >= 15 is 0 Å². The molecule has 0 aliphatic heterocycles. The zero-order valence-electron chi connectivity index (χ0n) is 13.6. The largest absolute Gasteiger partial charge is 0.393 e. The summed E-state index contributed by atoms with van der Waals surface area (Å²) in [6.07, 6.45) is 11.8. The monoisotopic (exact) mass is 277 g/mol. The van der Waals surface area contributed by atoms with Gasteiger partial charge in [-0.3, -0.25) is 0 Å². The number of rotatable bonds is 8. The van der Waals surface area contributed by atoms with E-state index in [-0.39, 0.29) is 6.10 Å². The number of hydrogen-bond acceptors (Lipinski definition) is 1. The Kier molecular flexibility index (Phi) is 10.8. The average molecular weight is 277 g/mol. The fraction of sp³-hybridized carbons (Fsp3) is 0.556. The van der Waals surface area contributed by atoms with E-state index in [1.807, 2.05) is 32.9 Å². The van der Waals surface area contributed by atoms with Crippen LogP contribution in [0.15, 0.2) is 24.9 Å². The summed E-state index contributed by atoms with van der Waals surface area (Å²) in [7, 11) is 0. The Morgan fingerprint density at radius 2 is 2.05 bits per heavy atom. The maximum atomic E-state index is 9.71. The summed E-state index contributed by atoms with van der Waals surface area (Å²) in [5, 5.41) is 9.71. The third-order valence-corrected chi connectivity index (χ3v) is 3.14. The van der Waals surface area contributed by atoms with Crippen LogP contribution in [0.3, 0.4) is 0 Å². The second-order valence-corrected chi connectivity index (χ2v) is 4.64. The lowest BCUT2D eigenvalue weighted by Crippen LogP contribution is -2.08. The van der Waals surface area contributed by atoms with Crippen molar-refractivity contribution < 1.29 is 5.11 Å². The van der Waals surface area contributed by atoms with Gasteiger partial charge in [0.25, 0.3) is 0 Å². The summed E-state index contributed by atoms with van der Waals surface area (Å²) in [5.74, 6) is 0. The van der Waals surface area contributed by atoms with Crippen LogP contribution in [-0.2, 0) is 6.54 Å². The minimum Gasteiger partial charge on any atom is -0.393 e. The van der Waals surface area contributed by atoms with Crippen LogP contribution in [0.2, 0.25) is 0 Å². The number of nitrogens with zero attached hydrogens (tertiary/aromatic N) is 1. The Hall–Kier alpha value is -1.28. The number of aliphatic hydroxyl groups is 1. The highest BCUT2D eigenvalue weighted by Gasteiger charge is 2.05. The van der Waals surface area contributed by atoms with Gasteiger partial charge < -0.3 is 9.67 Å². The molecule has 1 atom stereocenters. The van der Waals surface area contributed by atoms with Crippen LogP contribution in [0.1, 0.15) is 64.6 Å². The number of aryl methyl sites for hydroxylation is 1. The van der Waals surface area contributed by atoms with Gasteiger partial charge in [-0.15, -0.1) is 0 Å². The van der Waals surface area contributed by atoms with E-state index in [0.29, 0.717) is 0 Å². The molecule has 0 saturated carbocycles. The van der Waals surface area contributed by atoms with Gasteiger partial charge in [0.05, 0.1) is 6.10 Å². The summed E-state index contributed by atoms with van der Waals surface area (Å²) in [6, 6.07) is 2.09. The van der Waals surface area contributed by atoms with Gasteiger partial charge in [0.15, 0.2) is 0 Å². The van der Waals surface area contributed by atoms with Crippen LogP contribution in [0.5, 0.6) is 0 Å². The highest BCUT2D eigenvalue weighted by atomic mass is 16.3. The van der Waals surface area contributed by atoms with E-state index in [9.17, 15) is 5.11 Å². The molecule has 0 aliphatic carbocycles. The topological polar surface area (TPSA) is 25.2 Å². The molecule has 1 aromatic heterocycles. The molecule has 1 aromatic rings. The second-order valence-electron chi connectivity index (χ2n) is 4.64. The number of aromatic nitrogens is 1. The van der Waals surface area contributed by atoms with Crippen molar-refractivity contribution in [3.63, 3.8) is 0 Å². The van der Waals surface area contributed by atoms with Crippen LogP contribution >= 0.6 is 0 Å². The molecule has 0 amide bonds. The minimum absolute atomic E-state index is 0.144. The molecule has 1 heterocycles. The van der Waals surface area contributed by atoms with Crippen molar-refractivity contribution in [1.29, 1.82) is 0 Å². The molecule has 114 valence electrons. The lowest BCUT2D eigenvalue weighted by molar-refractivity contribution is 0.149. The maximum absolute atomic E-state index is 9.71. The molecule has 1 unspecified atom stereocenters. The Balaban J connectivity index is 0.00000172. The molecule has 0 aliphatic rings.